The van der Waals surface area contributed by atoms with Crippen LogP contribution in [0.1, 0.15) is 31.4 Å². The number of imidazole rings is 1. The van der Waals surface area contributed by atoms with Gasteiger partial charge in [0.25, 0.3) is 0 Å². The zero-order valence-electron chi connectivity index (χ0n) is 9.70. The first-order valence-electron chi connectivity index (χ1n) is 5.94. The Bertz CT molecular complexity index is 412. The molecule has 1 heterocycles. The largest absolute Gasteiger partial charge is 0.354 e. The van der Waals surface area contributed by atoms with Gasteiger partial charge in [-0.25, -0.2) is 4.98 Å². The average Bonchev–Trinajstić information content (AvgIpc) is 3.00. The van der Waals surface area contributed by atoms with Gasteiger partial charge in [-0.2, -0.15) is 5.26 Å². The fourth-order valence-corrected chi connectivity index (χ4v) is 2.27. The number of amides is 1. The van der Waals surface area contributed by atoms with Crippen molar-refractivity contribution in [3.8, 4) is 6.07 Å². The molecule has 0 saturated heterocycles. The van der Waals surface area contributed by atoms with Crippen molar-refractivity contribution in [2.24, 2.45) is 5.41 Å². The zero-order chi connectivity index (χ0) is 12.1. The minimum absolute atomic E-state index is 0.114. The Hall–Kier alpha value is -1.83. The van der Waals surface area contributed by atoms with Crippen molar-refractivity contribution in [2.45, 2.75) is 32.1 Å². The Morgan fingerprint density at radius 1 is 1.59 bits per heavy atom. The van der Waals surface area contributed by atoms with Gasteiger partial charge in [-0.1, -0.05) is 12.8 Å². The van der Waals surface area contributed by atoms with E-state index >= 15 is 0 Å². The van der Waals surface area contributed by atoms with Crippen LogP contribution in [0.2, 0.25) is 0 Å². The highest BCUT2D eigenvalue weighted by Crippen LogP contribution is 2.37. The summed E-state index contributed by atoms with van der Waals surface area (Å²) in [5, 5.41) is 12.0. The molecule has 1 fully saturated rings. The number of carbonyl (C=O) groups is 1. The number of H-pyrrole nitrogens is 1. The summed E-state index contributed by atoms with van der Waals surface area (Å²) in [4.78, 5) is 18.9. The van der Waals surface area contributed by atoms with Crippen LogP contribution in [-0.4, -0.2) is 22.4 Å². The molecule has 17 heavy (non-hydrogen) atoms. The first-order chi connectivity index (χ1) is 8.27. The first kappa shape index (κ1) is 11.6. The Morgan fingerprint density at radius 2 is 2.35 bits per heavy atom. The van der Waals surface area contributed by atoms with Crippen LogP contribution in [0.3, 0.4) is 0 Å². The number of carbonyl (C=O) groups excluding carboxylic acids is 1. The van der Waals surface area contributed by atoms with Crippen LogP contribution in [-0.2, 0) is 11.2 Å². The molecule has 1 saturated carbocycles. The van der Waals surface area contributed by atoms with Crippen molar-refractivity contribution in [1.29, 1.82) is 5.26 Å². The fraction of sp³-hybridized carbons (Fsp3) is 0.583. The summed E-state index contributed by atoms with van der Waals surface area (Å²) in [5.74, 6) is -0.114. The van der Waals surface area contributed by atoms with Crippen LogP contribution in [0.4, 0.5) is 0 Å². The third-order valence-corrected chi connectivity index (χ3v) is 3.34. The monoisotopic (exact) mass is 232 g/mol. The molecule has 0 bridgehead atoms. The third-order valence-electron chi connectivity index (χ3n) is 3.34. The lowest BCUT2D eigenvalue weighted by Gasteiger charge is -2.18. The van der Waals surface area contributed by atoms with E-state index in [1.54, 1.807) is 12.5 Å². The summed E-state index contributed by atoms with van der Waals surface area (Å²) in [6.45, 7) is 0.546. The summed E-state index contributed by atoms with van der Waals surface area (Å²) in [6.07, 6.45) is 7.40. The highest BCUT2D eigenvalue weighted by atomic mass is 16.2. The predicted molar refractivity (Wildman–Crippen MR) is 61.8 cm³/mol. The van der Waals surface area contributed by atoms with E-state index in [9.17, 15) is 4.79 Å². The van der Waals surface area contributed by atoms with Gasteiger partial charge in [0.2, 0.25) is 5.91 Å². The van der Waals surface area contributed by atoms with Crippen LogP contribution >= 0.6 is 0 Å². The minimum atomic E-state index is -0.770. The van der Waals surface area contributed by atoms with Crippen LogP contribution in [0.25, 0.3) is 0 Å². The van der Waals surface area contributed by atoms with E-state index in [1.807, 2.05) is 0 Å². The van der Waals surface area contributed by atoms with Gasteiger partial charge < -0.3 is 10.3 Å². The smallest absolute Gasteiger partial charge is 0.240 e. The third kappa shape index (κ3) is 2.47. The highest BCUT2D eigenvalue weighted by Gasteiger charge is 2.41. The number of rotatable bonds is 4. The highest BCUT2D eigenvalue weighted by molar-refractivity contribution is 5.85. The molecule has 2 N–H and O–H groups in total. The standard InChI is InChI=1S/C12H16N4O/c13-8-12(4-1-2-5-12)11(17)15-6-3-10-7-14-9-16-10/h7,9H,1-6H2,(H,14,16)(H,15,17). The topological polar surface area (TPSA) is 81.6 Å². The molecular formula is C12H16N4O. The minimum Gasteiger partial charge on any atom is -0.354 e. The van der Waals surface area contributed by atoms with Crippen LogP contribution in [0.15, 0.2) is 12.5 Å². The Morgan fingerprint density at radius 3 is 2.94 bits per heavy atom. The molecule has 1 aromatic rings. The lowest BCUT2D eigenvalue weighted by atomic mass is 9.87. The molecule has 0 aliphatic heterocycles. The number of nitriles is 1. The van der Waals surface area contributed by atoms with Gasteiger partial charge in [0.1, 0.15) is 5.41 Å². The average molecular weight is 232 g/mol. The van der Waals surface area contributed by atoms with Crippen LogP contribution < -0.4 is 5.32 Å². The zero-order valence-corrected chi connectivity index (χ0v) is 9.70. The summed E-state index contributed by atoms with van der Waals surface area (Å²) in [6, 6.07) is 2.19. The molecule has 0 aromatic carbocycles. The van der Waals surface area contributed by atoms with Crippen molar-refractivity contribution in [3.05, 3.63) is 18.2 Å². The SMILES string of the molecule is N#CC1(C(=O)NCCc2cnc[nH]2)CCCC1. The van der Waals surface area contributed by atoms with E-state index in [4.69, 9.17) is 5.26 Å². The van der Waals surface area contributed by atoms with Crippen molar-refractivity contribution in [1.82, 2.24) is 15.3 Å². The second-order valence-electron chi connectivity index (χ2n) is 4.48. The molecule has 1 amide bonds. The number of aromatic amines is 1. The van der Waals surface area contributed by atoms with Crippen molar-refractivity contribution in [3.63, 3.8) is 0 Å². The van der Waals surface area contributed by atoms with Crippen molar-refractivity contribution in [2.75, 3.05) is 6.54 Å². The van der Waals surface area contributed by atoms with Crippen LogP contribution in [0, 0.1) is 16.7 Å². The van der Waals surface area contributed by atoms with Gasteiger partial charge in [-0.3, -0.25) is 4.79 Å². The molecular weight excluding hydrogens is 216 g/mol. The maximum atomic E-state index is 12.0. The van der Waals surface area contributed by atoms with Gasteiger partial charge in [0.15, 0.2) is 0 Å². The summed E-state index contributed by atoms with van der Waals surface area (Å²) in [5.41, 5.74) is 0.219. The molecule has 5 heteroatoms. The molecule has 0 spiro atoms. The number of hydrogen-bond acceptors (Lipinski definition) is 3. The molecule has 2 rings (SSSR count). The van der Waals surface area contributed by atoms with E-state index in [0.717, 1.165) is 18.5 Å². The number of hydrogen-bond donors (Lipinski definition) is 2. The van der Waals surface area contributed by atoms with E-state index in [1.165, 1.54) is 0 Å². The summed E-state index contributed by atoms with van der Waals surface area (Å²) in [7, 11) is 0. The van der Waals surface area contributed by atoms with E-state index in [2.05, 4.69) is 21.4 Å². The Labute approximate surface area is 100 Å². The maximum absolute atomic E-state index is 12.0. The molecule has 0 atom stereocenters. The van der Waals surface area contributed by atoms with Gasteiger partial charge in [0.05, 0.1) is 12.4 Å². The molecule has 1 aromatic heterocycles. The molecule has 0 radical (unpaired) electrons. The summed E-state index contributed by atoms with van der Waals surface area (Å²) < 4.78 is 0. The van der Waals surface area contributed by atoms with Crippen molar-refractivity contribution >= 4 is 5.91 Å². The molecule has 5 nitrogen and oxygen atoms in total. The summed E-state index contributed by atoms with van der Waals surface area (Å²) >= 11 is 0. The van der Waals surface area contributed by atoms with Gasteiger partial charge in [0, 0.05) is 24.9 Å². The fourth-order valence-electron chi connectivity index (χ4n) is 2.27. The van der Waals surface area contributed by atoms with E-state index in [-0.39, 0.29) is 5.91 Å². The van der Waals surface area contributed by atoms with E-state index < -0.39 is 5.41 Å². The van der Waals surface area contributed by atoms with Gasteiger partial charge in [-0.15, -0.1) is 0 Å². The van der Waals surface area contributed by atoms with E-state index in [0.29, 0.717) is 25.8 Å². The predicted octanol–water partition coefficient (Wildman–Crippen LogP) is 1.15. The molecule has 1 aliphatic carbocycles. The lowest BCUT2D eigenvalue weighted by molar-refractivity contribution is -0.127. The Balaban J connectivity index is 1.83. The van der Waals surface area contributed by atoms with Gasteiger partial charge in [-0.05, 0) is 12.8 Å². The molecule has 1 aliphatic rings. The normalized spacial score (nSPS) is 17.6. The maximum Gasteiger partial charge on any atom is 0.240 e. The lowest BCUT2D eigenvalue weighted by Crippen LogP contribution is -2.39. The van der Waals surface area contributed by atoms with Crippen LogP contribution in [0.5, 0.6) is 0 Å². The first-order valence-corrected chi connectivity index (χ1v) is 5.94. The number of nitrogens with one attached hydrogen (secondary N) is 2. The molecule has 90 valence electrons. The quantitative estimate of drug-likeness (QED) is 0.817. The van der Waals surface area contributed by atoms with Crippen molar-refractivity contribution < 1.29 is 4.79 Å². The van der Waals surface area contributed by atoms with Gasteiger partial charge >= 0.3 is 0 Å². The molecule has 0 unspecified atom stereocenters. The Kier molecular flexibility index (Phi) is 3.43. The number of aromatic nitrogens is 2. The second kappa shape index (κ2) is 5.00. The second-order valence-corrected chi connectivity index (χ2v) is 4.48. The number of nitrogens with zero attached hydrogens (tertiary/aromatic N) is 2.